The molecule has 0 saturated carbocycles. The molecule has 2 heterocycles. The number of nitrogens with one attached hydrogen (secondary N) is 1. The second kappa shape index (κ2) is 8.57. The lowest BCUT2D eigenvalue weighted by molar-refractivity contribution is -0.120. The topological polar surface area (TPSA) is 59.4 Å². The van der Waals surface area contributed by atoms with Crippen LogP contribution in [0.3, 0.4) is 0 Å². The van der Waals surface area contributed by atoms with Crippen LogP contribution in [-0.2, 0) is 18.3 Å². The third-order valence-corrected chi connectivity index (χ3v) is 5.57. The van der Waals surface area contributed by atoms with Crippen molar-refractivity contribution in [2.75, 3.05) is 26.7 Å². The third kappa shape index (κ3) is 4.50. The van der Waals surface area contributed by atoms with Crippen molar-refractivity contribution in [3.05, 3.63) is 46.8 Å². The van der Waals surface area contributed by atoms with Gasteiger partial charge in [0.15, 0.2) is 0 Å². The van der Waals surface area contributed by atoms with E-state index in [1.807, 2.05) is 37.7 Å². The number of amides is 1. The maximum Gasteiger partial charge on any atom is 0.224 e. The number of carbonyl (C=O) groups excluding carboxylic acids is 1. The summed E-state index contributed by atoms with van der Waals surface area (Å²) in [6, 6.07) is 8.37. The molecular weight excluding hydrogens is 340 g/mol. The molecule has 1 aliphatic rings. The van der Waals surface area contributed by atoms with Crippen LogP contribution >= 0.6 is 0 Å². The number of hydrogen-bond acceptors (Lipinski definition) is 4. The van der Waals surface area contributed by atoms with E-state index in [1.54, 1.807) is 7.11 Å². The Morgan fingerprint density at radius 3 is 2.44 bits per heavy atom. The van der Waals surface area contributed by atoms with Gasteiger partial charge in [0.2, 0.25) is 5.91 Å². The molecule has 0 bridgehead atoms. The molecule has 6 heteroatoms. The second-order valence-electron chi connectivity index (χ2n) is 7.29. The van der Waals surface area contributed by atoms with Gasteiger partial charge in [0.25, 0.3) is 0 Å². The van der Waals surface area contributed by atoms with Crippen LogP contribution in [0.15, 0.2) is 24.3 Å². The van der Waals surface area contributed by atoms with E-state index in [0.717, 1.165) is 35.8 Å². The lowest BCUT2D eigenvalue weighted by Gasteiger charge is -2.28. The Labute approximate surface area is 161 Å². The SMILES string of the molecule is COc1ccc(C(CNC(=O)Cc2c(C)nn(C)c2C)N2CCCC2)cc1. The molecule has 1 amide bonds. The van der Waals surface area contributed by atoms with E-state index in [1.165, 1.54) is 18.4 Å². The fraction of sp³-hybridized carbons (Fsp3) is 0.524. The van der Waals surface area contributed by atoms with Crippen molar-refractivity contribution in [2.24, 2.45) is 7.05 Å². The average molecular weight is 370 g/mol. The minimum absolute atomic E-state index is 0.0481. The molecule has 0 spiro atoms. The number of benzene rings is 1. The molecule has 1 aromatic heterocycles. The normalized spacial score (nSPS) is 15.7. The van der Waals surface area contributed by atoms with Crippen LogP contribution in [0.4, 0.5) is 0 Å². The minimum Gasteiger partial charge on any atom is -0.497 e. The van der Waals surface area contributed by atoms with E-state index in [2.05, 4.69) is 27.4 Å². The molecule has 6 nitrogen and oxygen atoms in total. The molecule has 1 aromatic carbocycles. The molecule has 27 heavy (non-hydrogen) atoms. The van der Waals surface area contributed by atoms with Crippen LogP contribution in [0, 0.1) is 13.8 Å². The smallest absolute Gasteiger partial charge is 0.224 e. The standard InChI is InChI=1S/C21H30N4O2/c1-15-19(16(2)24(3)23-15)13-21(26)22-14-20(25-11-5-6-12-25)17-7-9-18(27-4)10-8-17/h7-10,20H,5-6,11-14H2,1-4H3,(H,22,26). The van der Waals surface area contributed by atoms with Gasteiger partial charge in [-0.15, -0.1) is 0 Å². The molecule has 1 unspecified atom stereocenters. The Morgan fingerprint density at radius 2 is 1.89 bits per heavy atom. The Balaban J connectivity index is 1.67. The van der Waals surface area contributed by atoms with Crippen molar-refractivity contribution in [1.29, 1.82) is 0 Å². The maximum atomic E-state index is 12.6. The maximum absolute atomic E-state index is 12.6. The fourth-order valence-corrected chi connectivity index (χ4v) is 3.84. The van der Waals surface area contributed by atoms with Gasteiger partial charge in [-0.3, -0.25) is 14.4 Å². The number of aryl methyl sites for hydroxylation is 2. The Morgan fingerprint density at radius 1 is 1.22 bits per heavy atom. The Kier molecular flexibility index (Phi) is 6.16. The minimum atomic E-state index is 0.0481. The first kappa shape index (κ1) is 19.4. The summed E-state index contributed by atoms with van der Waals surface area (Å²) in [7, 11) is 3.59. The van der Waals surface area contributed by atoms with E-state index < -0.39 is 0 Å². The first-order valence-corrected chi connectivity index (χ1v) is 9.63. The van der Waals surface area contributed by atoms with Gasteiger partial charge in [-0.1, -0.05) is 12.1 Å². The molecule has 1 saturated heterocycles. The van der Waals surface area contributed by atoms with Gasteiger partial charge in [-0.25, -0.2) is 0 Å². The highest BCUT2D eigenvalue weighted by Crippen LogP contribution is 2.26. The summed E-state index contributed by atoms with van der Waals surface area (Å²) < 4.78 is 7.11. The largest absolute Gasteiger partial charge is 0.497 e. The molecular formula is C21H30N4O2. The van der Waals surface area contributed by atoms with Crippen molar-refractivity contribution in [3.63, 3.8) is 0 Å². The number of carbonyl (C=O) groups is 1. The number of hydrogen-bond donors (Lipinski definition) is 1. The van der Waals surface area contributed by atoms with Gasteiger partial charge in [-0.2, -0.15) is 5.10 Å². The van der Waals surface area contributed by atoms with Crippen LogP contribution < -0.4 is 10.1 Å². The van der Waals surface area contributed by atoms with Crippen molar-refractivity contribution < 1.29 is 9.53 Å². The lowest BCUT2D eigenvalue weighted by Crippen LogP contribution is -2.37. The molecule has 2 aromatic rings. The lowest BCUT2D eigenvalue weighted by atomic mass is 10.0. The quantitative estimate of drug-likeness (QED) is 0.814. The molecule has 146 valence electrons. The van der Waals surface area contributed by atoms with E-state index >= 15 is 0 Å². The summed E-state index contributed by atoms with van der Waals surface area (Å²) in [6.45, 7) is 6.73. The summed E-state index contributed by atoms with van der Waals surface area (Å²) in [6.07, 6.45) is 2.81. The highest BCUT2D eigenvalue weighted by molar-refractivity contribution is 5.79. The second-order valence-corrected chi connectivity index (χ2v) is 7.29. The van der Waals surface area contributed by atoms with E-state index in [-0.39, 0.29) is 11.9 Å². The molecule has 0 radical (unpaired) electrons. The molecule has 1 aliphatic heterocycles. The van der Waals surface area contributed by atoms with E-state index in [0.29, 0.717) is 13.0 Å². The van der Waals surface area contributed by atoms with E-state index in [9.17, 15) is 4.79 Å². The summed E-state index contributed by atoms with van der Waals surface area (Å²) in [5.74, 6) is 0.900. The zero-order valence-corrected chi connectivity index (χ0v) is 16.8. The van der Waals surface area contributed by atoms with Gasteiger partial charge in [0.05, 0.1) is 25.3 Å². The summed E-state index contributed by atoms with van der Waals surface area (Å²) in [5.41, 5.74) is 4.22. The predicted octanol–water partition coefficient (Wildman–Crippen LogP) is 2.54. The van der Waals surface area contributed by atoms with Gasteiger partial charge in [-0.05, 0) is 57.5 Å². The average Bonchev–Trinajstić information content (AvgIpc) is 3.27. The van der Waals surface area contributed by atoms with E-state index in [4.69, 9.17) is 4.74 Å². The van der Waals surface area contributed by atoms with Crippen LogP contribution in [0.5, 0.6) is 5.75 Å². The summed E-state index contributed by atoms with van der Waals surface area (Å²) in [5, 5.41) is 7.55. The number of likely N-dealkylation sites (tertiary alicyclic amines) is 1. The van der Waals surface area contributed by atoms with Crippen LogP contribution in [0.1, 0.15) is 41.4 Å². The van der Waals surface area contributed by atoms with Gasteiger partial charge < -0.3 is 10.1 Å². The fourth-order valence-electron chi connectivity index (χ4n) is 3.84. The van der Waals surface area contributed by atoms with Crippen molar-refractivity contribution in [1.82, 2.24) is 20.0 Å². The van der Waals surface area contributed by atoms with Crippen LogP contribution in [0.2, 0.25) is 0 Å². The number of ether oxygens (including phenoxy) is 1. The highest BCUT2D eigenvalue weighted by atomic mass is 16.5. The zero-order chi connectivity index (χ0) is 19.4. The summed E-state index contributed by atoms with van der Waals surface area (Å²) in [4.78, 5) is 15.1. The van der Waals surface area contributed by atoms with Crippen molar-refractivity contribution in [2.45, 2.75) is 39.2 Å². The van der Waals surface area contributed by atoms with Crippen molar-refractivity contribution in [3.8, 4) is 5.75 Å². The Bertz CT molecular complexity index is 776. The van der Waals surface area contributed by atoms with Gasteiger partial charge in [0, 0.05) is 24.8 Å². The molecule has 0 aliphatic carbocycles. The monoisotopic (exact) mass is 370 g/mol. The number of nitrogens with zero attached hydrogens (tertiary/aromatic N) is 3. The van der Waals surface area contributed by atoms with Gasteiger partial charge in [0.1, 0.15) is 5.75 Å². The van der Waals surface area contributed by atoms with Gasteiger partial charge >= 0.3 is 0 Å². The number of aromatic nitrogens is 2. The van der Waals surface area contributed by atoms with Crippen molar-refractivity contribution >= 4 is 5.91 Å². The number of rotatable bonds is 7. The number of methoxy groups -OCH3 is 1. The third-order valence-electron chi connectivity index (χ3n) is 5.57. The Hall–Kier alpha value is -2.34. The first-order valence-electron chi connectivity index (χ1n) is 9.63. The predicted molar refractivity (Wildman–Crippen MR) is 106 cm³/mol. The molecule has 1 fully saturated rings. The molecule has 1 N–H and O–H groups in total. The first-order chi connectivity index (χ1) is 13.0. The highest BCUT2D eigenvalue weighted by Gasteiger charge is 2.24. The van der Waals surface area contributed by atoms with Crippen LogP contribution in [-0.4, -0.2) is 47.3 Å². The zero-order valence-electron chi connectivity index (χ0n) is 16.8. The summed E-state index contributed by atoms with van der Waals surface area (Å²) >= 11 is 0. The molecule has 1 atom stereocenters. The molecule has 3 rings (SSSR count). The van der Waals surface area contributed by atoms with Crippen LogP contribution in [0.25, 0.3) is 0 Å².